The first-order chi connectivity index (χ1) is 12.2. The zero-order chi connectivity index (χ0) is 17.6. The quantitative estimate of drug-likeness (QED) is 0.573. The first-order valence-electron chi connectivity index (χ1n) is 7.76. The Kier molecular flexibility index (Phi) is 4.95. The summed E-state index contributed by atoms with van der Waals surface area (Å²) < 4.78 is 10.4. The summed E-state index contributed by atoms with van der Waals surface area (Å²) in [5.74, 6) is 0.986. The Hall–Kier alpha value is -3.34. The first-order valence-corrected chi connectivity index (χ1v) is 7.76. The minimum atomic E-state index is -0.256. The van der Waals surface area contributed by atoms with Crippen molar-refractivity contribution in [2.45, 2.75) is 0 Å². The number of fused-ring (bicyclic) bond motifs is 1. The maximum atomic E-state index is 12.4. The van der Waals surface area contributed by atoms with Gasteiger partial charge in [0.15, 0.2) is 11.5 Å². The molecule has 25 heavy (non-hydrogen) atoms. The van der Waals surface area contributed by atoms with E-state index in [0.29, 0.717) is 17.1 Å². The molecule has 1 amide bonds. The third-order valence-corrected chi connectivity index (χ3v) is 3.82. The Balaban J connectivity index is 1.76. The summed E-state index contributed by atoms with van der Waals surface area (Å²) in [5.41, 5.74) is 3.94. The Labute approximate surface area is 145 Å². The van der Waals surface area contributed by atoms with Crippen molar-refractivity contribution < 1.29 is 14.3 Å². The van der Waals surface area contributed by atoms with Gasteiger partial charge in [0.1, 0.15) is 0 Å². The molecule has 5 heteroatoms. The van der Waals surface area contributed by atoms with Crippen LogP contribution in [0.1, 0.15) is 15.9 Å². The molecule has 3 aromatic rings. The molecule has 0 aliphatic carbocycles. The largest absolute Gasteiger partial charge is 0.493 e. The SMILES string of the molecule is COc1ccc(C=NNC(=O)c2cccc3ccccc23)cc1OC. The molecule has 1 N–H and O–H groups in total. The highest BCUT2D eigenvalue weighted by molar-refractivity contribution is 6.07. The molecule has 0 spiro atoms. The predicted molar refractivity (Wildman–Crippen MR) is 98.6 cm³/mol. The van der Waals surface area contributed by atoms with Crippen LogP contribution in [0.2, 0.25) is 0 Å². The molecule has 0 fully saturated rings. The molecular formula is C20H18N2O3. The molecule has 3 rings (SSSR count). The highest BCUT2D eigenvalue weighted by Gasteiger charge is 2.08. The Morgan fingerprint density at radius 2 is 1.72 bits per heavy atom. The van der Waals surface area contributed by atoms with Crippen LogP contribution in [0.25, 0.3) is 10.8 Å². The van der Waals surface area contributed by atoms with E-state index in [9.17, 15) is 4.79 Å². The van der Waals surface area contributed by atoms with E-state index in [0.717, 1.165) is 16.3 Å². The zero-order valence-electron chi connectivity index (χ0n) is 14.0. The number of carbonyl (C=O) groups excluding carboxylic acids is 1. The third-order valence-electron chi connectivity index (χ3n) is 3.82. The lowest BCUT2D eigenvalue weighted by atomic mass is 10.0. The molecule has 5 nitrogen and oxygen atoms in total. The van der Waals surface area contributed by atoms with E-state index in [1.54, 1.807) is 38.6 Å². The number of hydrazone groups is 1. The number of amides is 1. The summed E-state index contributed by atoms with van der Waals surface area (Å²) in [6, 6.07) is 18.7. The first kappa shape index (κ1) is 16.5. The van der Waals surface area contributed by atoms with Crippen molar-refractivity contribution in [3.63, 3.8) is 0 Å². The zero-order valence-corrected chi connectivity index (χ0v) is 14.0. The topological polar surface area (TPSA) is 59.9 Å². The molecule has 0 unspecified atom stereocenters. The van der Waals surface area contributed by atoms with E-state index >= 15 is 0 Å². The third kappa shape index (κ3) is 3.61. The Bertz CT molecular complexity index is 930. The lowest BCUT2D eigenvalue weighted by Crippen LogP contribution is -2.17. The molecular weight excluding hydrogens is 316 g/mol. The van der Waals surface area contributed by atoms with Gasteiger partial charge in [0.2, 0.25) is 0 Å². The van der Waals surface area contributed by atoms with Gasteiger partial charge in [-0.25, -0.2) is 5.43 Å². The maximum absolute atomic E-state index is 12.4. The van der Waals surface area contributed by atoms with Crippen molar-refractivity contribution in [1.29, 1.82) is 0 Å². The highest BCUT2D eigenvalue weighted by atomic mass is 16.5. The number of carbonyl (C=O) groups is 1. The molecule has 0 aliphatic rings. The molecule has 0 aromatic heterocycles. The Morgan fingerprint density at radius 3 is 2.52 bits per heavy atom. The minimum Gasteiger partial charge on any atom is -0.493 e. The van der Waals surface area contributed by atoms with Crippen LogP contribution in [0.3, 0.4) is 0 Å². The number of hydrogen-bond donors (Lipinski definition) is 1. The van der Waals surface area contributed by atoms with Gasteiger partial charge in [-0.2, -0.15) is 5.10 Å². The van der Waals surface area contributed by atoms with Gasteiger partial charge in [0.25, 0.3) is 5.91 Å². The van der Waals surface area contributed by atoms with Gasteiger partial charge in [0, 0.05) is 5.56 Å². The fourth-order valence-electron chi connectivity index (χ4n) is 2.58. The summed E-state index contributed by atoms with van der Waals surface area (Å²) in [4.78, 5) is 12.4. The van der Waals surface area contributed by atoms with E-state index in [-0.39, 0.29) is 5.91 Å². The molecule has 0 atom stereocenters. The molecule has 0 radical (unpaired) electrons. The van der Waals surface area contributed by atoms with Gasteiger partial charge >= 0.3 is 0 Å². The summed E-state index contributed by atoms with van der Waals surface area (Å²) in [5, 5.41) is 5.94. The van der Waals surface area contributed by atoms with Crippen molar-refractivity contribution in [2.75, 3.05) is 14.2 Å². The van der Waals surface area contributed by atoms with E-state index in [1.807, 2.05) is 42.5 Å². The van der Waals surface area contributed by atoms with Gasteiger partial charge in [-0.15, -0.1) is 0 Å². The molecule has 0 saturated heterocycles. The van der Waals surface area contributed by atoms with Crippen LogP contribution in [0.15, 0.2) is 65.8 Å². The molecule has 3 aromatic carbocycles. The standard InChI is InChI=1S/C20H18N2O3/c1-24-18-11-10-14(12-19(18)25-2)13-21-22-20(23)17-9-5-7-15-6-3-4-8-16(15)17/h3-13H,1-2H3,(H,22,23). The summed E-state index contributed by atoms with van der Waals surface area (Å²) in [6.07, 6.45) is 1.56. The van der Waals surface area contributed by atoms with Crippen molar-refractivity contribution in [3.8, 4) is 11.5 Å². The summed E-state index contributed by atoms with van der Waals surface area (Å²) in [7, 11) is 3.15. The molecule has 0 aliphatic heterocycles. The number of ether oxygens (including phenoxy) is 2. The van der Waals surface area contributed by atoms with Crippen LogP contribution in [0.4, 0.5) is 0 Å². The van der Waals surface area contributed by atoms with Gasteiger partial charge in [-0.1, -0.05) is 36.4 Å². The number of nitrogens with zero attached hydrogens (tertiary/aromatic N) is 1. The van der Waals surface area contributed by atoms with Crippen LogP contribution in [0.5, 0.6) is 11.5 Å². The van der Waals surface area contributed by atoms with Crippen LogP contribution in [-0.2, 0) is 0 Å². The van der Waals surface area contributed by atoms with E-state index in [2.05, 4.69) is 10.5 Å². The van der Waals surface area contributed by atoms with Crippen LogP contribution in [0, 0.1) is 0 Å². The average molecular weight is 334 g/mol. The fourth-order valence-corrected chi connectivity index (χ4v) is 2.58. The number of rotatable bonds is 5. The Morgan fingerprint density at radius 1 is 0.960 bits per heavy atom. The minimum absolute atomic E-state index is 0.256. The average Bonchev–Trinajstić information content (AvgIpc) is 2.67. The molecule has 0 saturated carbocycles. The second-order valence-electron chi connectivity index (χ2n) is 5.34. The van der Waals surface area contributed by atoms with Gasteiger partial charge in [-0.3, -0.25) is 4.79 Å². The normalized spacial score (nSPS) is 10.8. The smallest absolute Gasteiger partial charge is 0.271 e. The number of hydrogen-bond acceptors (Lipinski definition) is 4. The van der Waals surface area contributed by atoms with Crippen molar-refractivity contribution in [3.05, 3.63) is 71.8 Å². The van der Waals surface area contributed by atoms with Crippen molar-refractivity contribution in [1.82, 2.24) is 5.43 Å². The summed E-state index contributed by atoms with van der Waals surface area (Å²) >= 11 is 0. The molecule has 0 heterocycles. The second-order valence-corrected chi connectivity index (χ2v) is 5.34. The second kappa shape index (κ2) is 7.49. The molecule has 0 bridgehead atoms. The monoisotopic (exact) mass is 334 g/mol. The van der Waals surface area contributed by atoms with Crippen LogP contribution < -0.4 is 14.9 Å². The summed E-state index contributed by atoms with van der Waals surface area (Å²) in [6.45, 7) is 0. The lowest BCUT2D eigenvalue weighted by molar-refractivity contribution is 0.0957. The highest BCUT2D eigenvalue weighted by Crippen LogP contribution is 2.26. The number of nitrogens with one attached hydrogen (secondary N) is 1. The van der Waals surface area contributed by atoms with Crippen molar-refractivity contribution in [2.24, 2.45) is 5.10 Å². The van der Waals surface area contributed by atoms with Gasteiger partial charge in [-0.05, 0) is 40.6 Å². The predicted octanol–water partition coefficient (Wildman–Crippen LogP) is 3.62. The molecule has 126 valence electrons. The maximum Gasteiger partial charge on any atom is 0.271 e. The van der Waals surface area contributed by atoms with E-state index < -0.39 is 0 Å². The number of methoxy groups -OCH3 is 2. The van der Waals surface area contributed by atoms with Crippen LogP contribution >= 0.6 is 0 Å². The van der Waals surface area contributed by atoms with E-state index in [1.165, 1.54) is 0 Å². The van der Waals surface area contributed by atoms with Crippen LogP contribution in [-0.4, -0.2) is 26.3 Å². The van der Waals surface area contributed by atoms with Gasteiger partial charge < -0.3 is 9.47 Å². The number of benzene rings is 3. The van der Waals surface area contributed by atoms with Gasteiger partial charge in [0.05, 0.1) is 20.4 Å². The lowest BCUT2D eigenvalue weighted by Gasteiger charge is -2.07. The van der Waals surface area contributed by atoms with E-state index in [4.69, 9.17) is 9.47 Å². The van der Waals surface area contributed by atoms with Crippen molar-refractivity contribution >= 4 is 22.9 Å². The fraction of sp³-hybridized carbons (Fsp3) is 0.100.